The third-order valence-electron chi connectivity index (χ3n) is 3.35. The lowest BCUT2D eigenvalue weighted by atomic mass is 9.89. The molecule has 0 bridgehead atoms. The molecule has 1 aliphatic rings. The van der Waals surface area contributed by atoms with E-state index >= 15 is 0 Å². The fourth-order valence-corrected chi connectivity index (χ4v) is 2.19. The van der Waals surface area contributed by atoms with Crippen molar-refractivity contribution in [1.82, 2.24) is 4.98 Å². The van der Waals surface area contributed by atoms with Gasteiger partial charge in [-0.15, -0.1) is 0 Å². The highest BCUT2D eigenvalue weighted by molar-refractivity contribution is 5.84. The molecule has 1 heterocycles. The van der Waals surface area contributed by atoms with E-state index in [4.69, 9.17) is 9.15 Å². The van der Waals surface area contributed by atoms with Gasteiger partial charge in [0.25, 0.3) is 11.7 Å². The van der Waals surface area contributed by atoms with Crippen molar-refractivity contribution >= 4 is 22.8 Å². The number of nitrogens with zero attached hydrogens (tertiary/aromatic N) is 2. The molecule has 1 aromatic carbocycles. The molecule has 0 amide bonds. The monoisotopic (exact) mass is 263 g/mol. The number of hydrogen-bond acceptors (Lipinski definition) is 6. The Labute approximate surface area is 108 Å². The van der Waals surface area contributed by atoms with Crippen LogP contribution in [0.5, 0.6) is 0 Å². The second kappa shape index (κ2) is 4.51. The Hall–Kier alpha value is -2.15. The molecule has 3 rings (SSSR count). The van der Waals surface area contributed by atoms with Gasteiger partial charge in [-0.3, -0.25) is 10.1 Å². The highest BCUT2D eigenvalue weighted by atomic mass is 16.6. The van der Waals surface area contributed by atoms with Crippen molar-refractivity contribution in [1.29, 1.82) is 0 Å². The second-order valence-corrected chi connectivity index (χ2v) is 4.57. The number of anilines is 1. The van der Waals surface area contributed by atoms with Crippen LogP contribution in [0.25, 0.3) is 11.1 Å². The molecule has 7 heteroatoms. The number of nitro groups is 1. The van der Waals surface area contributed by atoms with Gasteiger partial charge in [0.2, 0.25) is 0 Å². The van der Waals surface area contributed by atoms with Crippen LogP contribution < -0.4 is 5.32 Å². The molecule has 1 aliphatic carbocycles. The Balaban J connectivity index is 1.82. The zero-order valence-electron chi connectivity index (χ0n) is 10.3. The lowest BCUT2D eigenvalue weighted by Crippen LogP contribution is -2.40. The van der Waals surface area contributed by atoms with E-state index in [1.54, 1.807) is 19.2 Å². The smallest absolute Gasteiger partial charge is 0.298 e. The lowest BCUT2D eigenvalue weighted by Gasteiger charge is -2.33. The van der Waals surface area contributed by atoms with Crippen molar-refractivity contribution in [2.75, 3.05) is 12.4 Å². The number of fused-ring (bicyclic) bond motifs is 1. The minimum absolute atomic E-state index is 0.0438. The molecular formula is C12H13N3O4. The van der Waals surface area contributed by atoms with Crippen LogP contribution >= 0.6 is 0 Å². The van der Waals surface area contributed by atoms with E-state index < -0.39 is 4.92 Å². The summed E-state index contributed by atoms with van der Waals surface area (Å²) in [5.74, 6) is 0. The first kappa shape index (κ1) is 11.9. The van der Waals surface area contributed by atoms with Gasteiger partial charge < -0.3 is 14.5 Å². The fraction of sp³-hybridized carbons (Fsp3) is 0.417. The summed E-state index contributed by atoms with van der Waals surface area (Å²) in [6.45, 7) is 0. The number of oxazole rings is 1. The third-order valence-corrected chi connectivity index (χ3v) is 3.35. The van der Waals surface area contributed by atoms with Gasteiger partial charge in [0.1, 0.15) is 0 Å². The number of aromatic nitrogens is 1. The van der Waals surface area contributed by atoms with Gasteiger partial charge in [0, 0.05) is 19.2 Å². The number of nitrogens with one attached hydrogen (secondary N) is 1. The van der Waals surface area contributed by atoms with E-state index in [0.29, 0.717) is 11.6 Å². The van der Waals surface area contributed by atoms with Gasteiger partial charge in [-0.05, 0) is 18.9 Å². The van der Waals surface area contributed by atoms with Gasteiger partial charge >= 0.3 is 0 Å². The average Bonchev–Trinajstić information content (AvgIpc) is 2.74. The van der Waals surface area contributed by atoms with Crippen molar-refractivity contribution in [3.8, 4) is 0 Å². The summed E-state index contributed by atoms with van der Waals surface area (Å²) in [7, 11) is 1.68. The van der Waals surface area contributed by atoms with Gasteiger partial charge in [0.05, 0.1) is 11.0 Å². The van der Waals surface area contributed by atoms with Crippen LogP contribution in [0, 0.1) is 10.1 Å². The zero-order chi connectivity index (χ0) is 13.4. The van der Waals surface area contributed by atoms with Crippen LogP contribution in [0.3, 0.4) is 0 Å². The van der Waals surface area contributed by atoms with Gasteiger partial charge in [-0.25, -0.2) is 0 Å². The molecule has 1 N–H and O–H groups in total. The Morgan fingerprint density at radius 1 is 1.53 bits per heavy atom. The summed E-state index contributed by atoms with van der Waals surface area (Å²) in [4.78, 5) is 14.6. The normalized spacial score (nSPS) is 22.2. The van der Waals surface area contributed by atoms with Crippen molar-refractivity contribution in [2.45, 2.75) is 25.0 Å². The van der Waals surface area contributed by atoms with Crippen LogP contribution in [0.2, 0.25) is 0 Å². The van der Waals surface area contributed by atoms with E-state index in [-0.39, 0.29) is 23.3 Å². The largest absolute Gasteiger partial charge is 0.423 e. The molecule has 0 radical (unpaired) electrons. The predicted octanol–water partition coefficient (Wildman–Crippen LogP) is 2.33. The molecule has 0 unspecified atom stereocenters. The van der Waals surface area contributed by atoms with Crippen molar-refractivity contribution < 1.29 is 14.1 Å². The van der Waals surface area contributed by atoms with Gasteiger partial charge in [-0.1, -0.05) is 6.07 Å². The van der Waals surface area contributed by atoms with Crippen molar-refractivity contribution in [2.24, 2.45) is 0 Å². The molecule has 1 aromatic heterocycles. The SMILES string of the molecule is COC1CC(Nc2nc3c([N+](=O)[O-])cccc3o2)C1. The van der Waals surface area contributed by atoms with E-state index in [0.717, 1.165) is 12.8 Å². The number of benzene rings is 1. The van der Waals surface area contributed by atoms with Crippen LogP contribution in [0.15, 0.2) is 22.6 Å². The Bertz CT molecular complexity index is 618. The van der Waals surface area contributed by atoms with Crippen molar-refractivity contribution in [3.63, 3.8) is 0 Å². The van der Waals surface area contributed by atoms with Gasteiger partial charge in [0.15, 0.2) is 11.1 Å². The number of nitro benzene ring substituents is 1. The van der Waals surface area contributed by atoms with E-state index in [1.807, 2.05) is 0 Å². The average molecular weight is 263 g/mol. The lowest BCUT2D eigenvalue weighted by molar-refractivity contribution is -0.383. The quantitative estimate of drug-likeness (QED) is 0.672. The summed E-state index contributed by atoms with van der Waals surface area (Å²) in [6, 6.07) is 5.23. The fourth-order valence-electron chi connectivity index (χ4n) is 2.19. The summed E-state index contributed by atoms with van der Waals surface area (Å²) in [5, 5.41) is 14.0. The van der Waals surface area contributed by atoms with E-state index in [9.17, 15) is 10.1 Å². The first-order valence-corrected chi connectivity index (χ1v) is 6.00. The first-order valence-electron chi connectivity index (χ1n) is 6.00. The number of methoxy groups -OCH3 is 1. The molecule has 0 aliphatic heterocycles. The first-order chi connectivity index (χ1) is 9.17. The standard InChI is InChI=1S/C12H13N3O4/c1-18-8-5-7(6-8)13-12-14-11-9(15(16)17)3-2-4-10(11)19-12/h2-4,7-8H,5-6H2,1H3,(H,13,14). The number of hydrogen-bond donors (Lipinski definition) is 1. The Morgan fingerprint density at radius 2 is 2.32 bits per heavy atom. The van der Waals surface area contributed by atoms with Gasteiger partial charge in [-0.2, -0.15) is 4.98 Å². The minimum Gasteiger partial charge on any atom is -0.423 e. The molecule has 0 saturated heterocycles. The molecule has 100 valence electrons. The Kier molecular flexibility index (Phi) is 2.83. The van der Waals surface area contributed by atoms with Crippen LogP contribution in [-0.2, 0) is 4.74 Å². The molecule has 2 aromatic rings. The van der Waals surface area contributed by atoms with Crippen molar-refractivity contribution in [3.05, 3.63) is 28.3 Å². The molecule has 19 heavy (non-hydrogen) atoms. The third kappa shape index (κ3) is 2.12. The maximum atomic E-state index is 10.9. The number of ether oxygens (including phenoxy) is 1. The number of rotatable bonds is 4. The highest BCUT2D eigenvalue weighted by Gasteiger charge is 2.30. The summed E-state index contributed by atoms with van der Waals surface area (Å²) >= 11 is 0. The molecule has 7 nitrogen and oxygen atoms in total. The molecule has 1 fully saturated rings. The summed E-state index contributed by atoms with van der Waals surface area (Å²) < 4.78 is 10.6. The van der Waals surface area contributed by atoms with Crippen LogP contribution in [0.1, 0.15) is 12.8 Å². The second-order valence-electron chi connectivity index (χ2n) is 4.57. The minimum atomic E-state index is -0.459. The van der Waals surface area contributed by atoms with E-state index in [2.05, 4.69) is 10.3 Å². The maximum Gasteiger partial charge on any atom is 0.298 e. The maximum absolute atomic E-state index is 10.9. The summed E-state index contributed by atoms with van der Waals surface area (Å²) in [5.41, 5.74) is 0.648. The Morgan fingerprint density at radius 3 is 3.00 bits per heavy atom. The zero-order valence-corrected chi connectivity index (χ0v) is 10.3. The number of non-ortho nitro benzene ring substituents is 1. The molecule has 1 saturated carbocycles. The molecular weight excluding hydrogens is 250 g/mol. The summed E-state index contributed by atoms with van der Waals surface area (Å²) in [6.07, 6.45) is 2.05. The van der Waals surface area contributed by atoms with E-state index in [1.165, 1.54) is 6.07 Å². The highest BCUT2D eigenvalue weighted by Crippen LogP contribution is 2.30. The van der Waals surface area contributed by atoms with Crippen LogP contribution in [0.4, 0.5) is 11.7 Å². The molecule has 0 atom stereocenters. The number of para-hydroxylation sites is 1. The predicted molar refractivity (Wildman–Crippen MR) is 68.1 cm³/mol. The molecule has 0 spiro atoms. The topological polar surface area (TPSA) is 90.4 Å². The van der Waals surface area contributed by atoms with Crippen LogP contribution in [-0.4, -0.2) is 29.2 Å².